The minimum Gasteiger partial charge on any atom is -0.466 e. The van der Waals surface area contributed by atoms with Crippen molar-refractivity contribution in [3.8, 4) is 0 Å². The standard InChI is InChI=1S/C12H13F5N2O2/c1-2-21-10(20)4-8-7(12(15,16)17)3-6(11(13)14)9(5-18)19-8/h3,11H,2,4-5,18H2,1H3. The summed E-state index contributed by atoms with van der Waals surface area (Å²) in [6, 6.07) is 0.286. The Balaban J connectivity index is 3.36. The molecule has 0 saturated heterocycles. The zero-order valence-corrected chi connectivity index (χ0v) is 11.0. The van der Waals surface area contributed by atoms with Crippen LogP contribution in [0, 0.1) is 0 Å². The summed E-state index contributed by atoms with van der Waals surface area (Å²) in [6.07, 6.45) is -8.82. The molecule has 1 heterocycles. The molecule has 118 valence electrons. The number of ether oxygens (including phenoxy) is 1. The summed E-state index contributed by atoms with van der Waals surface area (Å²) < 4.78 is 68.7. The van der Waals surface area contributed by atoms with Crippen molar-refractivity contribution in [2.24, 2.45) is 5.73 Å². The molecule has 1 aromatic rings. The number of aromatic nitrogens is 1. The van der Waals surface area contributed by atoms with Gasteiger partial charge in [0.25, 0.3) is 6.43 Å². The highest BCUT2D eigenvalue weighted by molar-refractivity contribution is 5.72. The maximum atomic E-state index is 12.9. The minimum atomic E-state index is -4.91. The van der Waals surface area contributed by atoms with Crippen molar-refractivity contribution in [1.29, 1.82) is 0 Å². The monoisotopic (exact) mass is 312 g/mol. The number of hydrogen-bond acceptors (Lipinski definition) is 4. The average Bonchev–Trinajstić information content (AvgIpc) is 2.36. The molecule has 0 atom stereocenters. The van der Waals surface area contributed by atoms with Gasteiger partial charge in [-0.1, -0.05) is 0 Å². The molecule has 0 aromatic carbocycles. The molecule has 0 fully saturated rings. The Morgan fingerprint density at radius 3 is 2.43 bits per heavy atom. The molecular weight excluding hydrogens is 299 g/mol. The Bertz CT molecular complexity index is 517. The SMILES string of the molecule is CCOC(=O)Cc1nc(CN)c(C(F)F)cc1C(F)(F)F. The van der Waals surface area contributed by atoms with Gasteiger partial charge in [0.05, 0.1) is 30.0 Å². The molecule has 0 amide bonds. The lowest BCUT2D eigenvalue weighted by Crippen LogP contribution is -2.19. The van der Waals surface area contributed by atoms with Crippen molar-refractivity contribution in [2.75, 3.05) is 6.61 Å². The smallest absolute Gasteiger partial charge is 0.418 e. The average molecular weight is 312 g/mol. The third-order valence-electron chi connectivity index (χ3n) is 2.56. The van der Waals surface area contributed by atoms with Crippen molar-refractivity contribution in [2.45, 2.75) is 32.5 Å². The highest BCUT2D eigenvalue weighted by Gasteiger charge is 2.36. The van der Waals surface area contributed by atoms with Crippen LogP contribution in [-0.4, -0.2) is 17.6 Å². The highest BCUT2D eigenvalue weighted by atomic mass is 19.4. The first kappa shape index (κ1) is 17.3. The number of hydrogen-bond donors (Lipinski definition) is 1. The molecule has 21 heavy (non-hydrogen) atoms. The van der Waals surface area contributed by atoms with E-state index in [9.17, 15) is 26.7 Å². The molecule has 0 aliphatic carbocycles. The van der Waals surface area contributed by atoms with Crippen molar-refractivity contribution < 1.29 is 31.5 Å². The minimum absolute atomic E-state index is 0.0148. The van der Waals surface area contributed by atoms with Crippen LogP contribution in [0.1, 0.15) is 35.9 Å². The van der Waals surface area contributed by atoms with Gasteiger partial charge in [-0.2, -0.15) is 13.2 Å². The van der Waals surface area contributed by atoms with Crippen LogP contribution in [0.4, 0.5) is 22.0 Å². The number of alkyl halides is 5. The number of rotatable bonds is 5. The second kappa shape index (κ2) is 6.79. The summed E-state index contributed by atoms with van der Waals surface area (Å²) in [5.41, 5.74) is 1.88. The van der Waals surface area contributed by atoms with Gasteiger partial charge in [-0.05, 0) is 13.0 Å². The second-order valence-corrected chi connectivity index (χ2v) is 4.00. The first-order valence-electron chi connectivity index (χ1n) is 5.94. The van der Waals surface area contributed by atoms with Crippen LogP contribution in [-0.2, 0) is 28.7 Å². The second-order valence-electron chi connectivity index (χ2n) is 4.00. The Kier molecular flexibility index (Phi) is 5.59. The molecule has 0 spiro atoms. The first-order chi connectivity index (χ1) is 9.70. The number of pyridine rings is 1. The predicted octanol–water partition coefficient (Wildman–Crippen LogP) is 2.60. The van der Waals surface area contributed by atoms with Gasteiger partial charge in [0, 0.05) is 12.1 Å². The lowest BCUT2D eigenvalue weighted by Gasteiger charge is -2.16. The lowest BCUT2D eigenvalue weighted by molar-refractivity contribution is -0.143. The van der Waals surface area contributed by atoms with Crippen LogP contribution in [0.15, 0.2) is 6.07 Å². The molecule has 0 aliphatic rings. The number of nitrogens with two attached hydrogens (primary N) is 1. The van der Waals surface area contributed by atoms with Gasteiger partial charge in [0.2, 0.25) is 0 Å². The van der Waals surface area contributed by atoms with Crippen LogP contribution in [0.2, 0.25) is 0 Å². The topological polar surface area (TPSA) is 65.2 Å². The van der Waals surface area contributed by atoms with Gasteiger partial charge in [0.1, 0.15) is 0 Å². The van der Waals surface area contributed by atoms with Crippen LogP contribution in [0.3, 0.4) is 0 Å². The molecule has 0 saturated carbocycles. The highest BCUT2D eigenvalue weighted by Crippen LogP contribution is 2.35. The van der Waals surface area contributed by atoms with Gasteiger partial charge in [-0.15, -0.1) is 0 Å². The molecule has 0 radical (unpaired) electrons. The summed E-state index contributed by atoms with van der Waals surface area (Å²) in [4.78, 5) is 14.8. The van der Waals surface area contributed by atoms with Crippen molar-refractivity contribution in [3.05, 3.63) is 28.6 Å². The van der Waals surface area contributed by atoms with Gasteiger partial charge in [0.15, 0.2) is 0 Å². The quantitative estimate of drug-likeness (QED) is 0.670. The van der Waals surface area contributed by atoms with E-state index in [0.29, 0.717) is 0 Å². The van der Waals surface area contributed by atoms with Crippen molar-refractivity contribution in [1.82, 2.24) is 4.98 Å². The fourth-order valence-electron chi connectivity index (χ4n) is 1.69. The third kappa shape index (κ3) is 4.35. The molecule has 1 rings (SSSR count). The summed E-state index contributed by atoms with van der Waals surface area (Å²) in [7, 11) is 0. The van der Waals surface area contributed by atoms with E-state index in [2.05, 4.69) is 9.72 Å². The fraction of sp³-hybridized carbons (Fsp3) is 0.500. The van der Waals surface area contributed by atoms with Crippen LogP contribution in [0.25, 0.3) is 0 Å². The largest absolute Gasteiger partial charge is 0.466 e. The van der Waals surface area contributed by atoms with E-state index in [0.717, 1.165) is 0 Å². The van der Waals surface area contributed by atoms with Gasteiger partial charge < -0.3 is 10.5 Å². The predicted molar refractivity (Wildman–Crippen MR) is 62.4 cm³/mol. The van der Waals surface area contributed by atoms with Crippen LogP contribution >= 0.6 is 0 Å². The molecule has 0 bridgehead atoms. The van der Waals surface area contributed by atoms with E-state index in [1.807, 2.05) is 0 Å². The van der Waals surface area contributed by atoms with E-state index in [4.69, 9.17) is 5.73 Å². The lowest BCUT2D eigenvalue weighted by atomic mass is 10.0. The maximum Gasteiger partial charge on any atom is 0.418 e. The number of esters is 1. The number of halogens is 5. The van der Waals surface area contributed by atoms with E-state index in [-0.39, 0.29) is 18.4 Å². The zero-order valence-electron chi connectivity index (χ0n) is 11.0. The first-order valence-corrected chi connectivity index (χ1v) is 5.94. The van der Waals surface area contributed by atoms with Crippen LogP contribution in [0.5, 0.6) is 0 Å². The van der Waals surface area contributed by atoms with Gasteiger partial charge >= 0.3 is 12.1 Å². The maximum absolute atomic E-state index is 12.9. The Morgan fingerprint density at radius 1 is 1.38 bits per heavy atom. The third-order valence-corrected chi connectivity index (χ3v) is 2.56. The summed E-state index contributed by atoms with van der Waals surface area (Å²) >= 11 is 0. The Morgan fingerprint density at radius 2 is 2.00 bits per heavy atom. The number of nitrogens with zero attached hydrogens (tertiary/aromatic N) is 1. The van der Waals surface area contributed by atoms with Crippen LogP contribution < -0.4 is 5.73 Å². The zero-order chi connectivity index (χ0) is 16.2. The Labute approximate surface area is 117 Å². The van der Waals surface area contributed by atoms with E-state index in [1.165, 1.54) is 6.92 Å². The molecule has 9 heteroatoms. The molecule has 0 unspecified atom stereocenters. The number of carbonyl (C=O) groups excluding carboxylic acids is 1. The van der Waals surface area contributed by atoms with E-state index >= 15 is 0 Å². The molecular formula is C12H13F5N2O2. The van der Waals surface area contributed by atoms with Crippen molar-refractivity contribution >= 4 is 5.97 Å². The van der Waals surface area contributed by atoms with E-state index < -0.39 is 48.4 Å². The summed E-state index contributed by atoms with van der Waals surface area (Å²) in [6.45, 7) is 1.01. The Hall–Kier alpha value is -1.77. The summed E-state index contributed by atoms with van der Waals surface area (Å²) in [5.74, 6) is -0.928. The molecule has 2 N–H and O–H groups in total. The van der Waals surface area contributed by atoms with Gasteiger partial charge in [-0.3, -0.25) is 9.78 Å². The fourth-order valence-corrected chi connectivity index (χ4v) is 1.69. The normalized spacial score (nSPS) is 11.8. The molecule has 0 aliphatic heterocycles. The van der Waals surface area contributed by atoms with Gasteiger partial charge in [-0.25, -0.2) is 8.78 Å². The van der Waals surface area contributed by atoms with E-state index in [1.54, 1.807) is 0 Å². The molecule has 4 nitrogen and oxygen atoms in total. The molecule has 1 aromatic heterocycles. The summed E-state index contributed by atoms with van der Waals surface area (Å²) in [5, 5.41) is 0. The van der Waals surface area contributed by atoms with Crippen molar-refractivity contribution in [3.63, 3.8) is 0 Å². The number of carbonyl (C=O) groups is 1.